The summed E-state index contributed by atoms with van der Waals surface area (Å²) in [5.41, 5.74) is 0. The van der Waals surface area contributed by atoms with Crippen molar-refractivity contribution < 1.29 is 29.4 Å². The van der Waals surface area contributed by atoms with Crippen LogP contribution in [0, 0.1) is 0 Å². The van der Waals surface area contributed by atoms with Crippen molar-refractivity contribution >= 4 is 17.7 Å². The fourth-order valence-corrected chi connectivity index (χ4v) is 1.85. The van der Waals surface area contributed by atoms with Crippen molar-refractivity contribution in [1.29, 1.82) is 0 Å². The van der Waals surface area contributed by atoms with Gasteiger partial charge in [0.25, 0.3) is 11.8 Å². The Morgan fingerprint density at radius 1 is 1.32 bits per heavy atom. The fraction of sp³-hybridized carbons (Fsp3) is 0.545. The lowest BCUT2D eigenvalue weighted by molar-refractivity contribution is -0.287. The normalized spacial score (nSPS) is 24.7. The average molecular weight is 270 g/mol. The summed E-state index contributed by atoms with van der Waals surface area (Å²) in [6, 6.07) is 0. The van der Waals surface area contributed by atoms with Gasteiger partial charge in [-0.05, 0) is 0 Å². The quantitative estimate of drug-likeness (QED) is 0.464. The lowest BCUT2D eigenvalue weighted by Crippen LogP contribution is -2.39. The Labute approximate surface area is 108 Å². The fourth-order valence-electron chi connectivity index (χ4n) is 1.85. The third-order valence-electron chi connectivity index (χ3n) is 2.87. The molecule has 0 saturated carbocycles. The minimum atomic E-state index is -1.38. The third kappa shape index (κ3) is 2.98. The highest BCUT2D eigenvalue weighted by molar-refractivity contribution is 6.12. The molecule has 0 aliphatic carbocycles. The van der Waals surface area contributed by atoms with Crippen LogP contribution in [0.15, 0.2) is 12.2 Å². The van der Waals surface area contributed by atoms with E-state index in [4.69, 9.17) is 4.84 Å². The highest BCUT2D eigenvalue weighted by atomic mass is 16.8. The largest absolute Gasteiger partial charge is 0.371 e. The zero-order valence-electron chi connectivity index (χ0n) is 10.1. The van der Waals surface area contributed by atoms with E-state index in [0.717, 1.165) is 22.1 Å². The van der Waals surface area contributed by atoms with Crippen molar-refractivity contribution in [3.8, 4) is 0 Å². The van der Waals surface area contributed by atoms with E-state index in [-0.39, 0.29) is 25.8 Å². The zero-order chi connectivity index (χ0) is 14.0. The first-order valence-electron chi connectivity index (χ1n) is 5.87. The van der Waals surface area contributed by atoms with Gasteiger partial charge in [-0.1, -0.05) is 0 Å². The molecule has 0 bridgehead atoms. The van der Waals surface area contributed by atoms with Crippen LogP contribution in [0.1, 0.15) is 19.3 Å². The molecule has 0 spiro atoms. The predicted molar refractivity (Wildman–Crippen MR) is 59.7 cm³/mol. The van der Waals surface area contributed by atoms with Crippen LogP contribution in [0.4, 0.5) is 0 Å². The van der Waals surface area contributed by atoms with E-state index >= 15 is 0 Å². The Hall–Kier alpha value is -1.77. The van der Waals surface area contributed by atoms with E-state index in [2.05, 4.69) is 0 Å². The Balaban J connectivity index is 1.79. The number of aliphatic hydroxyl groups excluding tert-OH is 2. The zero-order valence-corrected chi connectivity index (χ0v) is 10.1. The van der Waals surface area contributed by atoms with Crippen LogP contribution in [-0.4, -0.2) is 57.0 Å². The van der Waals surface area contributed by atoms with Gasteiger partial charge >= 0.3 is 0 Å². The second-order valence-corrected chi connectivity index (χ2v) is 4.25. The first-order chi connectivity index (χ1) is 8.99. The summed E-state index contributed by atoms with van der Waals surface area (Å²) in [6.45, 7) is -0.0239. The molecule has 8 heteroatoms. The summed E-state index contributed by atoms with van der Waals surface area (Å²) < 4.78 is 0. The minimum absolute atomic E-state index is 0.0239. The molecule has 2 aliphatic rings. The highest BCUT2D eigenvalue weighted by Crippen LogP contribution is 2.18. The van der Waals surface area contributed by atoms with Crippen LogP contribution in [0.3, 0.4) is 0 Å². The number of aliphatic hydroxyl groups is 2. The predicted octanol–water partition coefficient (Wildman–Crippen LogP) is -1.51. The van der Waals surface area contributed by atoms with Crippen molar-refractivity contribution in [3.63, 3.8) is 0 Å². The molecule has 8 nitrogen and oxygen atoms in total. The van der Waals surface area contributed by atoms with E-state index < -0.39 is 30.2 Å². The van der Waals surface area contributed by atoms with Gasteiger partial charge in [-0.3, -0.25) is 19.3 Å². The molecule has 1 fully saturated rings. The summed E-state index contributed by atoms with van der Waals surface area (Å²) in [7, 11) is 0. The van der Waals surface area contributed by atoms with E-state index in [9.17, 15) is 24.6 Å². The van der Waals surface area contributed by atoms with Gasteiger partial charge < -0.3 is 10.2 Å². The number of amides is 3. The van der Waals surface area contributed by atoms with Crippen LogP contribution in [-0.2, 0) is 19.2 Å². The molecule has 2 atom stereocenters. The number of carbonyl (C=O) groups is 3. The molecular formula is C11H14N2O6. The molecule has 19 heavy (non-hydrogen) atoms. The van der Waals surface area contributed by atoms with Crippen LogP contribution in [0.2, 0.25) is 0 Å². The molecule has 3 amide bonds. The van der Waals surface area contributed by atoms with Crippen molar-refractivity contribution in [3.05, 3.63) is 12.2 Å². The topological polar surface area (TPSA) is 107 Å². The first-order valence-corrected chi connectivity index (χ1v) is 5.87. The van der Waals surface area contributed by atoms with Gasteiger partial charge in [0.05, 0.1) is 0 Å². The number of imide groups is 1. The number of carbonyl (C=O) groups excluding carboxylic acids is 3. The Kier molecular flexibility index (Phi) is 3.93. The molecule has 0 aromatic carbocycles. The number of nitrogens with zero attached hydrogens (tertiary/aromatic N) is 2. The summed E-state index contributed by atoms with van der Waals surface area (Å²) in [6.07, 6.45) is 0.193. The third-order valence-corrected chi connectivity index (χ3v) is 2.87. The van der Waals surface area contributed by atoms with E-state index in [1.54, 1.807) is 0 Å². The molecule has 0 aromatic heterocycles. The summed E-state index contributed by atoms with van der Waals surface area (Å²) in [5.74, 6) is -1.31. The number of hydrogen-bond donors (Lipinski definition) is 2. The van der Waals surface area contributed by atoms with Crippen LogP contribution < -0.4 is 0 Å². The van der Waals surface area contributed by atoms with E-state index in [0.29, 0.717) is 0 Å². The van der Waals surface area contributed by atoms with Crippen molar-refractivity contribution in [2.45, 2.75) is 31.8 Å². The minimum Gasteiger partial charge on any atom is -0.371 e. The Morgan fingerprint density at radius 3 is 2.47 bits per heavy atom. The lowest BCUT2D eigenvalue weighted by atomic mass is 10.4. The molecule has 2 aliphatic heterocycles. The first kappa shape index (κ1) is 13.7. The SMILES string of the molecule is O=C1C=CC(=O)N1CCC(O)ON1C(=O)CCC1O. The Morgan fingerprint density at radius 2 is 1.95 bits per heavy atom. The monoisotopic (exact) mass is 270 g/mol. The van der Waals surface area contributed by atoms with Crippen molar-refractivity contribution in [1.82, 2.24) is 9.96 Å². The van der Waals surface area contributed by atoms with E-state index in [1.165, 1.54) is 0 Å². The second kappa shape index (κ2) is 5.47. The van der Waals surface area contributed by atoms with Crippen molar-refractivity contribution in [2.24, 2.45) is 0 Å². The second-order valence-electron chi connectivity index (χ2n) is 4.25. The van der Waals surface area contributed by atoms with Gasteiger partial charge in [-0.25, -0.2) is 4.84 Å². The van der Waals surface area contributed by atoms with Gasteiger partial charge in [-0.2, -0.15) is 5.06 Å². The molecular weight excluding hydrogens is 256 g/mol. The van der Waals surface area contributed by atoms with Crippen molar-refractivity contribution in [2.75, 3.05) is 6.54 Å². The molecule has 104 valence electrons. The van der Waals surface area contributed by atoms with Gasteiger partial charge in [0, 0.05) is 38.0 Å². The maximum absolute atomic E-state index is 11.3. The highest BCUT2D eigenvalue weighted by Gasteiger charge is 2.32. The molecule has 0 radical (unpaired) electrons. The number of hydrogen-bond acceptors (Lipinski definition) is 6. The number of hydroxylamine groups is 2. The van der Waals surface area contributed by atoms with Crippen LogP contribution in [0.25, 0.3) is 0 Å². The lowest BCUT2D eigenvalue weighted by Gasteiger charge is -2.23. The van der Waals surface area contributed by atoms with Gasteiger partial charge in [0.15, 0.2) is 12.5 Å². The van der Waals surface area contributed by atoms with Crippen LogP contribution in [0.5, 0.6) is 0 Å². The summed E-state index contributed by atoms with van der Waals surface area (Å²) in [5, 5.41) is 19.7. The molecule has 0 aromatic rings. The van der Waals surface area contributed by atoms with Crippen LogP contribution >= 0.6 is 0 Å². The smallest absolute Gasteiger partial charge is 0.253 e. The maximum atomic E-state index is 11.3. The molecule has 2 unspecified atom stereocenters. The number of rotatable bonds is 5. The van der Waals surface area contributed by atoms with Gasteiger partial charge in [0.2, 0.25) is 5.91 Å². The Bertz CT molecular complexity index is 417. The maximum Gasteiger partial charge on any atom is 0.253 e. The summed E-state index contributed by atoms with van der Waals surface area (Å²) >= 11 is 0. The standard InChI is InChI=1S/C11H14N2O6/c14-7-1-2-8(15)12(7)6-5-11(18)19-13-9(16)3-4-10(13)17/h1-2,9,11,16,18H,3-6H2. The molecule has 2 rings (SSSR count). The molecule has 1 saturated heterocycles. The summed E-state index contributed by atoms with van der Waals surface area (Å²) in [4.78, 5) is 39.6. The van der Waals surface area contributed by atoms with Gasteiger partial charge in [-0.15, -0.1) is 0 Å². The van der Waals surface area contributed by atoms with E-state index in [1.807, 2.05) is 0 Å². The van der Waals surface area contributed by atoms with Gasteiger partial charge in [0.1, 0.15) is 0 Å². The average Bonchev–Trinajstić information content (AvgIpc) is 2.84. The molecule has 2 N–H and O–H groups in total. The molecule has 2 heterocycles.